The van der Waals surface area contributed by atoms with Gasteiger partial charge in [-0.1, -0.05) is 0 Å². The highest BCUT2D eigenvalue weighted by Crippen LogP contribution is 1.94. The Balaban J connectivity index is 0. The third-order valence-electron chi connectivity index (χ3n) is 1.72. The van der Waals surface area contributed by atoms with Gasteiger partial charge in [-0.15, -0.1) is 12.4 Å². The summed E-state index contributed by atoms with van der Waals surface area (Å²) in [5.41, 5.74) is 5.31. The molecule has 0 aliphatic carbocycles. The second-order valence-corrected chi connectivity index (χ2v) is 4.88. The molecule has 15 heavy (non-hydrogen) atoms. The van der Waals surface area contributed by atoms with Crippen LogP contribution in [0.2, 0.25) is 0 Å². The summed E-state index contributed by atoms with van der Waals surface area (Å²) in [6.45, 7) is 2.68. The smallest absolute Gasteiger partial charge is 0.279 e. The molecule has 0 fully saturated rings. The molecule has 6 nitrogen and oxygen atoms in total. The SMILES string of the molecule is COCCN(C)S(=O)(=O)N[C@@H](C)CN.Cl. The predicted molar refractivity (Wildman–Crippen MR) is 62.3 cm³/mol. The van der Waals surface area contributed by atoms with Crippen LogP contribution in [-0.2, 0) is 14.9 Å². The van der Waals surface area contributed by atoms with E-state index < -0.39 is 10.2 Å². The summed E-state index contributed by atoms with van der Waals surface area (Å²) in [4.78, 5) is 0. The quantitative estimate of drug-likeness (QED) is 0.626. The molecule has 0 aliphatic heterocycles. The van der Waals surface area contributed by atoms with E-state index in [1.54, 1.807) is 6.92 Å². The minimum Gasteiger partial charge on any atom is -0.383 e. The highest BCUT2D eigenvalue weighted by Gasteiger charge is 2.18. The zero-order chi connectivity index (χ0) is 11.2. The van der Waals surface area contributed by atoms with Crippen molar-refractivity contribution in [3.8, 4) is 0 Å². The van der Waals surface area contributed by atoms with Crippen molar-refractivity contribution in [3.63, 3.8) is 0 Å². The van der Waals surface area contributed by atoms with Gasteiger partial charge < -0.3 is 10.5 Å². The number of methoxy groups -OCH3 is 1. The molecule has 94 valence electrons. The van der Waals surface area contributed by atoms with Crippen LogP contribution in [0.25, 0.3) is 0 Å². The highest BCUT2D eigenvalue weighted by atomic mass is 35.5. The molecule has 0 aromatic rings. The van der Waals surface area contributed by atoms with Crippen LogP contribution in [0.3, 0.4) is 0 Å². The Morgan fingerprint density at radius 3 is 2.47 bits per heavy atom. The monoisotopic (exact) mass is 261 g/mol. The van der Waals surface area contributed by atoms with Gasteiger partial charge in [0.1, 0.15) is 0 Å². The molecule has 0 aromatic carbocycles. The lowest BCUT2D eigenvalue weighted by atomic mass is 10.4. The molecule has 0 amide bonds. The van der Waals surface area contributed by atoms with Gasteiger partial charge in [0.2, 0.25) is 0 Å². The molecule has 0 heterocycles. The van der Waals surface area contributed by atoms with E-state index in [0.717, 1.165) is 0 Å². The maximum absolute atomic E-state index is 11.5. The molecule has 3 N–H and O–H groups in total. The maximum Gasteiger partial charge on any atom is 0.279 e. The first-order chi connectivity index (χ1) is 6.44. The fraction of sp³-hybridized carbons (Fsp3) is 1.00. The summed E-state index contributed by atoms with van der Waals surface area (Å²) in [6.07, 6.45) is 0. The number of hydrogen-bond acceptors (Lipinski definition) is 4. The molecule has 0 unspecified atom stereocenters. The van der Waals surface area contributed by atoms with Crippen molar-refractivity contribution in [2.75, 3.05) is 33.9 Å². The second-order valence-electron chi connectivity index (χ2n) is 3.07. The first-order valence-electron chi connectivity index (χ1n) is 4.36. The molecule has 0 aromatic heterocycles. The van der Waals surface area contributed by atoms with Gasteiger partial charge >= 0.3 is 0 Å². The van der Waals surface area contributed by atoms with Crippen molar-refractivity contribution in [3.05, 3.63) is 0 Å². The van der Waals surface area contributed by atoms with Crippen LogP contribution in [0, 0.1) is 0 Å². The first kappa shape index (κ1) is 17.5. The van der Waals surface area contributed by atoms with Crippen molar-refractivity contribution < 1.29 is 13.2 Å². The number of likely N-dealkylation sites (N-methyl/N-ethyl adjacent to an activating group) is 1. The van der Waals surface area contributed by atoms with Gasteiger partial charge in [-0.3, -0.25) is 0 Å². The van der Waals surface area contributed by atoms with Crippen molar-refractivity contribution in [2.24, 2.45) is 5.73 Å². The summed E-state index contributed by atoms with van der Waals surface area (Å²) in [6, 6.07) is -0.259. The second kappa shape index (κ2) is 8.26. The molecule has 0 radical (unpaired) electrons. The summed E-state index contributed by atoms with van der Waals surface area (Å²) < 4.78 is 31.4. The topological polar surface area (TPSA) is 84.7 Å². The Morgan fingerprint density at radius 1 is 1.53 bits per heavy atom. The van der Waals surface area contributed by atoms with Gasteiger partial charge in [-0.2, -0.15) is 17.4 Å². The van der Waals surface area contributed by atoms with E-state index in [0.29, 0.717) is 13.2 Å². The summed E-state index contributed by atoms with van der Waals surface area (Å²) in [5, 5.41) is 0. The van der Waals surface area contributed by atoms with Crippen molar-refractivity contribution in [2.45, 2.75) is 13.0 Å². The van der Waals surface area contributed by atoms with Gasteiger partial charge in [0.15, 0.2) is 0 Å². The van der Waals surface area contributed by atoms with Crippen molar-refractivity contribution in [1.82, 2.24) is 9.03 Å². The number of rotatable bonds is 7. The number of halogens is 1. The lowest BCUT2D eigenvalue weighted by Crippen LogP contribution is -2.46. The van der Waals surface area contributed by atoms with E-state index in [2.05, 4.69) is 4.72 Å². The third kappa shape index (κ3) is 7.04. The molecule has 0 saturated heterocycles. The van der Waals surface area contributed by atoms with E-state index in [-0.39, 0.29) is 25.0 Å². The van der Waals surface area contributed by atoms with Gasteiger partial charge in [-0.05, 0) is 6.92 Å². The zero-order valence-electron chi connectivity index (χ0n) is 9.26. The lowest BCUT2D eigenvalue weighted by Gasteiger charge is -2.19. The van der Waals surface area contributed by atoms with Gasteiger partial charge in [0.05, 0.1) is 6.61 Å². The maximum atomic E-state index is 11.5. The van der Waals surface area contributed by atoms with E-state index in [9.17, 15) is 8.42 Å². The average Bonchev–Trinajstić information content (AvgIpc) is 2.13. The van der Waals surface area contributed by atoms with Gasteiger partial charge in [0, 0.05) is 33.3 Å². The van der Waals surface area contributed by atoms with Gasteiger partial charge in [-0.25, -0.2) is 0 Å². The van der Waals surface area contributed by atoms with Crippen LogP contribution in [0.15, 0.2) is 0 Å². The number of nitrogens with two attached hydrogens (primary N) is 1. The Hall–Kier alpha value is 0.0800. The molecular formula is C7H20ClN3O3S. The Bertz CT molecular complexity index is 248. The summed E-state index contributed by atoms with van der Waals surface area (Å²) in [7, 11) is -0.406. The highest BCUT2D eigenvalue weighted by molar-refractivity contribution is 7.87. The van der Waals surface area contributed by atoms with Crippen LogP contribution in [-0.4, -0.2) is 52.6 Å². The number of nitrogens with zero attached hydrogens (tertiary/aromatic N) is 1. The molecule has 0 saturated carbocycles. The first-order valence-corrected chi connectivity index (χ1v) is 5.80. The minimum absolute atomic E-state index is 0. The lowest BCUT2D eigenvalue weighted by molar-refractivity contribution is 0.184. The summed E-state index contributed by atoms with van der Waals surface area (Å²) >= 11 is 0. The number of ether oxygens (including phenoxy) is 1. The van der Waals surface area contributed by atoms with Crippen LogP contribution in [0.4, 0.5) is 0 Å². The summed E-state index contributed by atoms with van der Waals surface area (Å²) in [5.74, 6) is 0. The molecule has 0 bridgehead atoms. The van der Waals surface area contributed by atoms with E-state index in [1.165, 1.54) is 18.5 Å². The number of nitrogens with one attached hydrogen (secondary N) is 1. The fourth-order valence-corrected chi connectivity index (χ4v) is 1.83. The Labute approximate surface area is 97.7 Å². The standard InChI is InChI=1S/C7H19N3O3S.ClH/c1-7(6-8)9-14(11,12)10(2)4-5-13-3;/h7,9H,4-6,8H2,1-3H3;1H/t7-;/m0./s1. The largest absolute Gasteiger partial charge is 0.383 e. The molecule has 1 atom stereocenters. The molecule has 8 heteroatoms. The number of hydrogen-bond donors (Lipinski definition) is 2. The molecular weight excluding hydrogens is 242 g/mol. The molecule has 0 rings (SSSR count). The van der Waals surface area contributed by atoms with Crippen molar-refractivity contribution >= 4 is 22.6 Å². The Kier molecular flexibility index (Phi) is 9.62. The van der Waals surface area contributed by atoms with Gasteiger partial charge in [0.25, 0.3) is 10.2 Å². The zero-order valence-corrected chi connectivity index (χ0v) is 10.9. The molecule has 0 spiro atoms. The van der Waals surface area contributed by atoms with Crippen LogP contribution < -0.4 is 10.5 Å². The third-order valence-corrected chi connectivity index (χ3v) is 3.43. The molecule has 0 aliphatic rings. The van der Waals surface area contributed by atoms with E-state index >= 15 is 0 Å². The van der Waals surface area contributed by atoms with Crippen LogP contribution >= 0.6 is 12.4 Å². The predicted octanol–water partition coefficient (Wildman–Crippen LogP) is -0.832. The Morgan fingerprint density at radius 2 is 2.07 bits per heavy atom. The van der Waals surface area contributed by atoms with E-state index in [1.807, 2.05) is 0 Å². The van der Waals surface area contributed by atoms with Crippen molar-refractivity contribution in [1.29, 1.82) is 0 Å². The van der Waals surface area contributed by atoms with E-state index in [4.69, 9.17) is 10.5 Å². The van der Waals surface area contributed by atoms with Crippen LogP contribution in [0.1, 0.15) is 6.92 Å². The normalized spacial score (nSPS) is 13.7. The minimum atomic E-state index is -3.42. The fourth-order valence-electron chi connectivity index (χ4n) is 0.732. The van der Waals surface area contributed by atoms with Crippen LogP contribution in [0.5, 0.6) is 0 Å². The average molecular weight is 262 g/mol.